The lowest BCUT2D eigenvalue weighted by atomic mass is 10.3. The van der Waals surface area contributed by atoms with Crippen LogP contribution in [0.5, 0.6) is 11.8 Å². The van der Waals surface area contributed by atoms with Crippen molar-refractivity contribution in [2.75, 3.05) is 19.5 Å². The number of methoxy groups -OCH3 is 2. The van der Waals surface area contributed by atoms with Crippen LogP contribution in [0.1, 0.15) is 19.8 Å². The Kier molecular flexibility index (Phi) is 4.74. The number of aromatic nitrogens is 5. The van der Waals surface area contributed by atoms with Crippen LogP contribution < -0.4 is 14.8 Å². The molecule has 0 unspecified atom stereocenters. The van der Waals surface area contributed by atoms with E-state index < -0.39 is 0 Å². The van der Waals surface area contributed by atoms with E-state index in [0.717, 1.165) is 30.7 Å². The lowest BCUT2D eigenvalue weighted by molar-refractivity contribution is 0.398. The predicted molar refractivity (Wildman–Crippen MR) is 90.9 cm³/mol. The number of rotatable bonds is 7. The molecule has 3 rings (SSSR count). The Morgan fingerprint density at radius 2 is 2.00 bits per heavy atom. The highest BCUT2D eigenvalue weighted by Crippen LogP contribution is 2.24. The molecule has 8 heteroatoms. The number of nitrogens with zero attached hydrogens (tertiary/aromatic N) is 5. The van der Waals surface area contributed by atoms with Crippen molar-refractivity contribution in [2.24, 2.45) is 0 Å². The number of hydrogen-bond donors (Lipinski definition) is 1. The SMILES string of the molecule is CCCCn1cnc2c(OC)nc(Nc3ccc(OC)nc3)nc21. The highest BCUT2D eigenvalue weighted by molar-refractivity contribution is 5.78. The summed E-state index contributed by atoms with van der Waals surface area (Å²) in [4.78, 5) is 17.5. The van der Waals surface area contributed by atoms with Crippen LogP contribution >= 0.6 is 0 Å². The van der Waals surface area contributed by atoms with Crippen molar-refractivity contribution in [3.05, 3.63) is 24.7 Å². The Labute approximate surface area is 139 Å². The first kappa shape index (κ1) is 16.0. The number of aryl methyl sites for hydroxylation is 1. The van der Waals surface area contributed by atoms with Gasteiger partial charge in [0.25, 0.3) is 0 Å². The maximum atomic E-state index is 5.36. The highest BCUT2D eigenvalue weighted by atomic mass is 16.5. The van der Waals surface area contributed by atoms with Crippen molar-refractivity contribution in [1.29, 1.82) is 0 Å². The maximum absolute atomic E-state index is 5.36. The van der Waals surface area contributed by atoms with Crippen molar-refractivity contribution < 1.29 is 9.47 Å². The van der Waals surface area contributed by atoms with E-state index in [2.05, 4.69) is 32.2 Å². The van der Waals surface area contributed by atoms with Crippen molar-refractivity contribution in [3.8, 4) is 11.8 Å². The lowest BCUT2D eigenvalue weighted by Crippen LogP contribution is -2.03. The summed E-state index contributed by atoms with van der Waals surface area (Å²) in [5.74, 6) is 1.43. The minimum atomic E-state index is 0.435. The van der Waals surface area contributed by atoms with Crippen LogP contribution in [0.3, 0.4) is 0 Å². The van der Waals surface area contributed by atoms with Crippen LogP contribution in [0, 0.1) is 0 Å². The monoisotopic (exact) mass is 328 g/mol. The third kappa shape index (κ3) is 3.22. The number of imidazole rings is 1. The predicted octanol–water partition coefficient (Wildman–Crippen LogP) is 2.78. The van der Waals surface area contributed by atoms with Gasteiger partial charge in [0.1, 0.15) is 0 Å². The summed E-state index contributed by atoms with van der Waals surface area (Å²) in [5.41, 5.74) is 2.17. The van der Waals surface area contributed by atoms with Crippen LogP contribution in [-0.4, -0.2) is 38.7 Å². The largest absolute Gasteiger partial charge is 0.481 e. The highest BCUT2D eigenvalue weighted by Gasteiger charge is 2.14. The zero-order valence-electron chi connectivity index (χ0n) is 14.0. The van der Waals surface area contributed by atoms with Gasteiger partial charge in [-0.25, -0.2) is 9.97 Å². The second-order valence-corrected chi connectivity index (χ2v) is 5.23. The zero-order valence-corrected chi connectivity index (χ0v) is 14.0. The summed E-state index contributed by atoms with van der Waals surface area (Å²) in [5, 5.41) is 3.13. The van der Waals surface area contributed by atoms with E-state index in [4.69, 9.17) is 9.47 Å². The van der Waals surface area contributed by atoms with E-state index in [1.807, 2.05) is 10.6 Å². The molecular formula is C16H20N6O2. The molecule has 0 aliphatic carbocycles. The third-order valence-electron chi connectivity index (χ3n) is 3.58. The van der Waals surface area contributed by atoms with Gasteiger partial charge in [0, 0.05) is 12.6 Å². The molecule has 3 aromatic heterocycles. The molecule has 0 saturated heterocycles. The molecule has 0 bridgehead atoms. The van der Waals surface area contributed by atoms with Gasteiger partial charge in [-0.15, -0.1) is 0 Å². The Bertz CT molecular complexity index is 815. The quantitative estimate of drug-likeness (QED) is 0.713. The molecule has 0 aliphatic heterocycles. The van der Waals surface area contributed by atoms with E-state index in [9.17, 15) is 0 Å². The third-order valence-corrected chi connectivity index (χ3v) is 3.58. The Morgan fingerprint density at radius 1 is 1.12 bits per heavy atom. The standard InChI is InChI=1S/C16H20N6O2/c1-4-5-8-22-10-18-13-14(22)20-16(21-15(13)24-3)19-11-6-7-12(23-2)17-9-11/h6-7,9-10H,4-5,8H2,1-3H3,(H,19,20,21). The smallest absolute Gasteiger partial charge is 0.246 e. The molecule has 126 valence electrons. The van der Waals surface area contributed by atoms with Gasteiger partial charge in [0.05, 0.1) is 32.4 Å². The van der Waals surface area contributed by atoms with E-state index in [0.29, 0.717) is 23.2 Å². The molecule has 0 amide bonds. The second-order valence-electron chi connectivity index (χ2n) is 5.23. The van der Waals surface area contributed by atoms with E-state index in [-0.39, 0.29) is 0 Å². The fourth-order valence-electron chi connectivity index (χ4n) is 2.31. The molecule has 0 radical (unpaired) electrons. The lowest BCUT2D eigenvalue weighted by Gasteiger charge is -2.08. The summed E-state index contributed by atoms with van der Waals surface area (Å²) in [6.07, 6.45) is 5.59. The van der Waals surface area contributed by atoms with Gasteiger partial charge in [0.2, 0.25) is 17.7 Å². The average Bonchev–Trinajstić information content (AvgIpc) is 3.03. The molecule has 0 aromatic carbocycles. The van der Waals surface area contributed by atoms with Crippen molar-refractivity contribution >= 4 is 22.8 Å². The summed E-state index contributed by atoms with van der Waals surface area (Å²) in [7, 11) is 3.15. The van der Waals surface area contributed by atoms with Crippen molar-refractivity contribution in [3.63, 3.8) is 0 Å². The molecule has 0 atom stereocenters. The number of anilines is 2. The van der Waals surface area contributed by atoms with Gasteiger partial charge in [-0.3, -0.25) is 0 Å². The zero-order chi connectivity index (χ0) is 16.9. The maximum Gasteiger partial charge on any atom is 0.246 e. The van der Waals surface area contributed by atoms with Crippen LogP contribution in [-0.2, 0) is 6.54 Å². The fourth-order valence-corrected chi connectivity index (χ4v) is 2.31. The molecule has 0 spiro atoms. The molecule has 0 aliphatic rings. The van der Waals surface area contributed by atoms with Crippen molar-refractivity contribution in [2.45, 2.75) is 26.3 Å². The molecule has 3 aromatic rings. The molecule has 0 saturated carbocycles. The molecule has 0 fully saturated rings. The topological polar surface area (TPSA) is 87.0 Å². The second kappa shape index (κ2) is 7.12. The van der Waals surface area contributed by atoms with E-state index in [1.54, 1.807) is 32.8 Å². The Morgan fingerprint density at radius 3 is 2.67 bits per heavy atom. The summed E-state index contributed by atoms with van der Waals surface area (Å²) in [6, 6.07) is 3.61. The van der Waals surface area contributed by atoms with Gasteiger partial charge < -0.3 is 19.4 Å². The first-order valence-corrected chi connectivity index (χ1v) is 7.79. The molecule has 8 nitrogen and oxygen atoms in total. The van der Waals surface area contributed by atoms with Gasteiger partial charge in [-0.2, -0.15) is 9.97 Å². The number of unbranched alkanes of at least 4 members (excludes halogenated alkanes) is 1. The first-order valence-electron chi connectivity index (χ1n) is 7.79. The molecule has 1 N–H and O–H groups in total. The van der Waals surface area contributed by atoms with Crippen LogP contribution in [0.25, 0.3) is 11.2 Å². The number of pyridine rings is 1. The van der Waals surface area contributed by atoms with Crippen molar-refractivity contribution in [1.82, 2.24) is 24.5 Å². The summed E-state index contributed by atoms with van der Waals surface area (Å²) < 4.78 is 12.4. The molecular weight excluding hydrogens is 308 g/mol. The normalized spacial score (nSPS) is 10.8. The van der Waals surface area contributed by atoms with Gasteiger partial charge in [0.15, 0.2) is 11.2 Å². The van der Waals surface area contributed by atoms with Crippen LogP contribution in [0.4, 0.5) is 11.6 Å². The Hall–Kier alpha value is -2.90. The number of hydrogen-bond acceptors (Lipinski definition) is 7. The fraction of sp³-hybridized carbons (Fsp3) is 0.375. The number of fused-ring (bicyclic) bond motifs is 1. The minimum Gasteiger partial charge on any atom is -0.481 e. The Balaban J connectivity index is 1.94. The van der Waals surface area contributed by atoms with Crippen LogP contribution in [0.2, 0.25) is 0 Å². The van der Waals surface area contributed by atoms with Gasteiger partial charge in [-0.1, -0.05) is 13.3 Å². The van der Waals surface area contributed by atoms with Gasteiger partial charge >= 0.3 is 0 Å². The molecule has 24 heavy (non-hydrogen) atoms. The van der Waals surface area contributed by atoms with Gasteiger partial charge in [-0.05, 0) is 12.5 Å². The first-order chi connectivity index (χ1) is 11.7. The van der Waals surface area contributed by atoms with E-state index >= 15 is 0 Å². The minimum absolute atomic E-state index is 0.435. The average molecular weight is 328 g/mol. The number of ether oxygens (including phenoxy) is 2. The number of nitrogens with one attached hydrogen (secondary N) is 1. The summed E-state index contributed by atoms with van der Waals surface area (Å²) >= 11 is 0. The molecule has 3 heterocycles. The summed E-state index contributed by atoms with van der Waals surface area (Å²) in [6.45, 7) is 3.01. The van der Waals surface area contributed by atoms with E-state index in [1.165, 1.54) is 0 Å². The van der Waals surface area contributed by atoms with Crippen LogP contribution in [0.15, 0.2) is 24.7 Å².